The molecule has 3 aromatic heterocycles. The van der Waals surface area contributed by atoms with Gasteiger partial charge in [-0.15, -0.1) is 0 Å². The second-order valence-electron chi connectivity index (χ2n) is 7.15. The lowest BCUT2D eigenvalue weighted by Crippen LogP contribution is -2.37. The van der Waals surface area contributed by atoms with E-state index in [0.717, 1.165) is 18.5 Å². The minimum Gasteiger partial charge on any atom is -0.338 e. The SMILES string of the molecule is O=C(CCn1c(=O)c2cccn2c2cccnc21)N1CCc2ccccc2C1. The van der Waals surface area contributed by atoms with Crippen LogP contribution in [0.4, 0.5) is 0 Å². The van der Waals surface area contributed by atoms with Crippen LogP contribution in [0.5, 0.6) is 0 Å². The summed E-state index contributed by atoms with van der Waals surface area (Å²) in [6, 6.07) is 15.7. The third kappa shape index (κ3) is 2.69. The van der Waals surface area contributed by atoms with E-state index in [1.54, 1.807) is 16.8 Å². The van der Waals surface area contributed by atoms with Gasteiger partial charge >= 0.3 is 0 Å². The van der Waals surface area contributed by atoms with Crippen molar-refractivity contribution in [2.24, 2.45) is 0 Å². The van der Waals surface area contributed by atoms with E-state index in [9.17, 15) is 9.59 Å². The highest BCUT2D eigenvalue weighted by molar-refractivity contribution is 5.78. The molecule has 6 nitrogen and oxygen atoms in total. The van der Waals surface area contributed by atoms with Gasteiger partial charge in [-0.05, 0) is 41.8 Å². The summed E-state index contributed by atoms with van der Waals surface area (Å²) in [5.74, 6) is 0.0701. The van der Waals surface area contributed by atoms with Crippen LogP contribution in [0.1, 0.15) is 17.5 Å². The van der Waals surface area contributed by atoms with Gasteiger partial charge in [0.1, 0.15) is 5.52 Å². The molecule has 0 bridgehead atoms. The first-order valence-corrected chi connectivity index (χ1v) is 9.51. The smallest absolute Gasteiger partial charge is 0.276 e. The maximum atomic E-state index is 12.9. The molecule has 1 aliphatic rings. The first-order chi connectivity index (χ1) is 13.7. The first kappa shape index (κ1) is 16.7. The highest BCUT2D eigenvalue weighted by Gasteiger charge is 2.21. The van der Waals surface area contributed by atoms with Crippen molar-refractivity contribution in [1.82, 2.24) is 18.9 Å². The number of hydrogen-bond acceptors (Lipinski definition) is 3. The van der Waals surface area contributed by atoms with E-state index in [4.69, 9.17) is 0 Å². The van der Waals surface area contributed by atoms with E-state index in [2.05, 4.69) is 17.1 Å². The van der Waals surface area contributed by atoms with E-state index in [-0.39, 0.29) is 17.9 Å². The average Bonchev–Trinajstić information content (AvgIpc) is 3.23. The van der Waals surface area contributed by atoms with Crippen LogP contribution in [0.25, 0.3) is 16.7 Å². The van der Waals surface area contributed by atoms with Crippen molar-refractivity contribution in [1.29, 1.82) is 0 Å². The van der Waals surface area contributed by atoms with E-state index >= 15 is 0 Å². The average molecular weight is 372 g/mol. The molecule has 28 heavy (non-hydrogen) atoms. The fraction of sp³-hybridized carbons (Fsp3) is 0.227. The topological polar surface area (TPSA) is 59.6 Å². The van der Waals surface area contributed by atoms with Crippen molar-refractivity contribution in [2.75, 3.05) is 6.54 Å². The van der Waals surface area contributed by atoms with Crippen molar-refractivity contribution in [3.05, 3.63) is 82.4 Å². The Labute approximate surface area is 161 Å². The molecule has 0 aliphatic carbocycles. The molecule has 0 saturated heterocycles. The molecule has 140 valence electrons. The standard InChI is InChI=1S/C22H20N4O2/c27-20(24-13-9-16-5-1-2-6-17(16)15-24)10-14-26-21-18(7-3-11-23-21)25-12-4-8-19(25)22(26)28/h1-8,11-12H,9-10,13-15H2. The van der Waals surface area contributed by atoms with Crippen LogP contribution in [-0.2, 0) is 24.3 Å². The van der Waals surface area contributed by atoms with Crippen LogP contribution in [0, 0.1) is 0 Å². The second kappa shape index (κ2) is 6.64. The largest absolute Gasteiger partial charge is 0.338 e. The fourth-order valence-corrected chi connectivity index (χ4v) is 4.07. The number of carbonyl (C=O) groups excluding carboxylic acids is 1. The van der Waals surface area contributed by atoms with E-state index in [1.165, 1.54) is 11.1 Å². The fourth-order valence-electron chi connectivity index (χ4n) is 4.07. The predicted octanol–water partition coefficient (Wildman–Crippen LogP) is 2.62. The van der Waals surface area contributed by atoms with Gasteiger partial charge in [-0.3, -0.25) is 14.2 Å². The van der Waals surface area contributed by atoms with Crippen LogP contribution in [0.15, 0.2) is 65.7 Å². The normalized spacial score (nSPS) is 13.8. The molecule has 0 fully saturated rings. The summed E-state index contributed by atoms with van der Waals surface area (Å²) in [7, 11) is 0. The van der Waals surface area contributed by atoms with Gasteiger partial charge < -0.3 is 9.30 Å². The molecular weight excluding hydrogens is 352 g/mol. The van der Waals surface area contributed by atoms with Gasteiger partial charge in [-0.25, -0.2) is 4.98 Å². The van der Waals surface area contributed by atoms with Crippen molar-refractivity contribution < 1.29 is 4.79 Å². The number of fused-ring (bicyclic) bond motifs is 4. The van der Waals surface area contributed by atoms with E-state index in [0.29, 0.717) is 24.3 Å². The van der Waals surface area contributed by atoms with Gasteiger partial charge in [-0.1, -0.05) is 24.3 Å². The van der Waals surface area contributed by atoms with Crippen LogP contribution >= 0.6 is 0 Å². The van der Waals surface area contributed by atoms with Gasteiger partial charge in [-0.2, -0.15) is 0 Å². The van der Waals surface area contributed by atoms with Gasteiger partial charge in [0, 0.05) is 38.4 Å². The molecule has 0 unspecified atom stereocenters. The number of rotatable bonds is 3. The minimum absolute atomic E-state index is 0.0701. The third-order valence-electron chi connectivity index (χ3n) is 5.53. The predicted molar refractivity (Wildman–Crippen MR) is 107 cm³/mol. The Bertz CT molecular complexity index is 1250. The molecule has 4 aromatic rings. The summed E-state index contributed by atoms with van der Waals surface area (Å²) in [6.45, 7) is 1.69. The molecule has 4 heterocycles. The Kier molecular flexibility index (Phi) is 3.97. The Hall–Kier alpha value is -3.41. The van der Waals surface area contributed by atoms with Gasteiger partial charge in [0.2, 0.25) is 5.91 Å². The maximum absolute atomic E-state index is 12.9. The molecular formula is C22H20N4O2. The number of benzene rings is 1. The summed E-state index contributed by atoms with van der Waals surface area (Å²) in [6.07, 6.45) is 4.70. The summed E-state index contributed by atoms with van der Waals surface area (Å²) < 4.78 is 3.48. The van der Waals surface area contributed by atoms with E-state index in [1.807, 2.05) is 45.8 Å². The summed E-state index contributed by atoms with van der Waals surface area (Å²) in [5.41, 5.74) is 4.47. The molecule has 0 radical (unpaired) electrons. The van der Waals surface area contributed by atoms with Crippen LogP contribution in [-0.4, -0.2) is 31.3 Å². The lowest BCUT2D eigenvalue weighted by Gasteiger charge is -2.29. The molecule has 1 aliphatic heterocycles. The zero-order valence-electron chi connectivity index (χ0n) is 15.4. The van der Waals surface area contributed by atoms with Crippen molar-refractivity contribution in [3.8, 4) is 0 Å². The van der Waals surface area contributed by atoms with Gasteiger partial charge in [0.15, 0.2) is 5.65 Å². The number of aryl methyl sites for hydroxylation is 1. The third-order valence-corrected chi connectivity index (χ3v) is 5.53. The molecule has 0 atom stereocenters. The molecule has 1 aromatic carbocycles. The lowest BCUT2D eigenvalue weighted by atomic mass is 10.00. The quantitative estimate of drug-likeness (QED) is 0.555. The molecule has 6 heteroatoms. The molecule has 5 rings (SSSR count). The Morgan fingerprint density at radius 3 is 2.71 bits per heavy atom. The zero-order chi connectivity index (χ0) is 19.1. The van der Waals surface area contributed by atoms with Crippen LogP contribution in [0.2, 0.25) is 0 Å². The number of carbonyl (C=O) groups is 1. The van der Waals surface area contributed by atoms with Crippen LogP contribution < -0.4 is 5.56 Å². The number of hydrogen-bond donors (Lipinski definition) is 0. The van der Waals surface area contributed by atoms with Gasteiger partial charge in [0.05, 0.1) is 5.52 Å². The number of amides is 1. The number of pyridine rings is 1. The minimum atomic E-state index is -0.118. The van der Waals surface area contributed by atoms with Crippen molar-refractivity contribution in [3.63, 3.8) is 0 Å². The van der Waals surface area contributed by atoms with E-state index < -0.39 is 0 Å². The highest BCUT2D eigenvalue weighted by atomic mass is 16.2. The highest BCUT2D eigenvalue weighted by Crippen LogP contribution is 2.19. The molecule has 0 N–H and O–H groups in total. The van der Waals surface area contributed by atoms with Crippen molar-refractivity contribution in [2.45, 2.75) is 25.9 Å². The molecule has 0 spiro atoms. The summed E-state index contributed by atoms with van der Waals surface area (Å²) in [5, 5.41) is 0. The summed E-state index contributed by atoms with van der Waals surface area (Å²) in [4.78, 5) is 32.1. The molecule has 1 amide bonds. The molecule has 0 saturated carbocycles. The Morgan fingerprint density at radius 1 is 1.00 bits per heavy atom. The zero-order valence-corrected chi connectivity index (χ0v) is 15.4. The van der Waals surface area contributed by atoms with Gasteiger partial charge in [0.25, 0.3) is 5.56 Å². The second-order valence-corrected chi connectivity index (χ2v) is 7.15. The Balaban J connectivity index is 1.42. The lowest BCUT2D eigenvalue weighted by molar-refractivity contribution is -0.132. The number of aromatic nitrogens is 3. The number of nitrogens with zero attached hydrogens (tertiary/aromatic N) is 4. The summed E-state index contributed by atoms with van der Waals surface area (Å²) >= 11 is 0. The van der Waals surface area contributed by atoms with Crippen molar-refractivity contribution >= 4 is 22.6 Å². The maximum Gasteiger partial charge on any atom is 0.276 e. The first-order valence-electron chi connectivity index (χ1n) is 9.51. The monoisotopic (exact) mass is 372 g/mol. The Morgan fingerprint density at radius 2 is 1.82 bits per heavy atom. The van der Waals surface area contributed by atoms with Crippen LogP contribution in [0.3, 0.4) is 0 Å².